The van der Waals surface area contributed by atoms with Crippen LogP contribution in [0.3, 0.4) is 0 Å². The van der Waals surface area contributed by atoms with Crippen molar-refractivity contribution in [1.82, 2.24) is 5.32 Å². The van der Waals surface area contributed by atoms with Crippen LogP contribution in [0.25, 0.3) is 0 Å². The number of fused-ring (bicyclic) bond motifs is 1. The molecule has 1 aliphatic carbocycles. The second kappa shape index (κ2) is 5.61. The number of ether oxygens (including phenoxy) is 1. The average molecular weight is 291 g/mol. The van der Waals surface area contributed by atoms with Crippen LogP contribution in [-0.2, 0) is 13.0 Å². The maximum atomic E-state index is 6.15. The molecule has 0 aromatic heterocycles. The Morgan fingerprint density at radius 1 is 1.35 bits per heavy atom. The standard InChI is InChI=1S/C17H25NOS/c1-17(2)10-12-6-4-7-13(16(12)19-17)11-18-14-8-5-9-15(14)20-3/h4,6-7,14-15,18H,5,8-11H2,1-3H3. The molecule has 1 aromatic rings. The van der Waals surface area contributed by atoms with Crippen molar-refractivity contribution < 1.29 is 4.74 Å². The van der Waals surface area contributed by atoms with Gasteiger partial charge in [-0.15, -0.1) is 0 Å². The predicted molar refractivity (Wildman–Crippen MR) is 86.6 cm³/mol. The Morgan fingerprint density at radius 2 is 2.20 bits per heavy atom. The molecule has 1 saturated carbocycles. The van der Waals surface area contributed by atoms with E-state index in [1.807, 2.05) is 11.8 Å². The summed E-state index contributed by atoms with van der Waals surface area (Å²) >= 11 is 2.01. The Bertz CT molecular complexity index is 486. The van der Waals surface area contributed by atoms with Crippen LogP contribution in [0.1, 0.15) is 44.2 Å². The van der Waals surface area contributed by atoms with Crippen molar-refractivity contribution in [3.63, 3.8) is 0 Å². The van der Waals surface area contributed by atoms with E-state index in [4.69, 9.17) is 4.74 Å². The molecule has 0 saturated heterocycles. The zero-order valence-corrected chi connectivity index (χ0v) is 13.6. The number of hydrogen-bond acceptors (Lipinski definition) is 3. The molecule has 2 unspecified atom stereocenters. The number of nitrogens with one attached hydrogen (secondary N) is 1. The van der Waals surface area contributed by atoms with Crippen molar-refractivity contribution >= 4 is 11.8 Å². The molecule has 2 nitrogen and oxygen atoms in total. The van der Waals surface area contributed by atoms with Gasteiger partial charge in [-0.2, -0.15) is 11.8 Å². The normalized spacial score (nSPS) is 27.4. The summed E-state index contributed by atoms with van der Waals surface area (Å²) in [4.78, 5) is 0. The van der Waals surface area contributed by atoms with Gasteiger partial charge < -0.3 is 10.1 Å². The van der Waals surface area contributed by atoms with E-state index in [9.17, 15) is 0 Å². The first-order valence-corrected chi connectivity index (χ1v) is 8.94. The molecule has 3 heteroatoms. The van der Waals surface area contributed by atoms with Gasteiger partial charge in [0.2, 0.25) is 0 Å². The molecule has 2 atom stereocenters. The third-order valence-corrected chi connectivity index (χ3v) is 5.65. The lowest BCUT2D eigenvalue weighted by atomic mass is 10.0. The first kappa shape index (κ1) is 14.3. The van der Waals surface area contributed by atoms with Gasteiger partial charge in [-0.3, -0.25) is 0 Å². The summed E-state index contributed by atoms with van der Waals surface area (Å²) in [7, 11) is 0. The van der Waals surface area contributed by atoms with Gasteiger partial charge >= 0.3 is 0 Å². The van der Waals surface area contributed by atoms with Gasteiger partial charge in [-0.1, -0.05) is 24.6 Å². The third kappa shape index (κ3) is 2.84. The number of thioether (sulfide) groups is 1. The van der Waals surface area contributed by atoms with E-state index in [1.165, 1.54) is 30.4 Å². The summed E-state index contributed by atoms with van der Waals surface area (Å²) in [5.41, 5.74) is 2.63. The fourth-order valence-electron chi connectivity index (χ4n) is 3.50. The highest BCUT2D eigenvalue weighted by Crippen LogP contribution is 2.38. The van der Waals surface area contributed by atoms with Gasteiger partial charge in [-0.05, 0) is 38.5 Å². The summed E-state index contributed by atoms with van der Waals surface area (Å²) in [6.07, 6.45) is 7.28. The highest BCUT2D eigenvalue weighted by Gasteiger charge is 2.32. The summed E-state index contributed by atoms with van der Waals surface area (Å²) in [6, 6.07) is 7.24. The van der Waals surface area contributed by atoms with E-state index < -0.39 is 0 Å². The average Bonchev–Trinajstić information content (AvgIpc) is 2.97. The molecule has 3 rings (SSSR count). The van der Waals surface area contributed by atoms with Gasteiger partial charge in [-0.25, -0.2) is 0 Å². The molecule has 0 bridgehead atoms. The lowest BCUT2D eigenvalue weighted by molar-refractivity contribution is 0.137. The van der Waals surface area contributed by atoms with E-state index in [-0.39, 0.29) is 5.60 Å². The molecule has 1 N–H and O–H groups in total. The van der Waals surface area contributed by atoms with Crippen LogP contribution < -0.4 is 10.1 Å². The monoisotopic (exact) mass is 291 g/mol. The van der Waals surface area contributed by atoms with E-state index in [2.05, 4.69) is 43.6 Å². The van der Waals surface area contributed by atoms with E-state index in [0.29, 0.717) is 6.04 Å². The van der Waals surface area contributed by atoms with Crippen molar-refractivity contribution in [2.24, 2.45) is 0 Å². The highest BCUT2D eigenvalue weighted by molar-refractivity contribution is 7.99. The maximum absolute atomic E-state index is 6.15. The minimum atomic E-state index is -0.0480. The maximum Gasteiger partial charge on any atom is 0.127 e. The Balaban J connectivity index is 1.69. The van der Waals surface area contributed by atoms with Crippen LogP contribution in [0.5, 0.6) is 5.75 Å². The molecular formula is C17H25NOS. The minimum Gasteiger partial charge on any atom is -0.487 e. The molecule has 0 radical (unpaired) electrons. The highest BCUT2D eigenvalue weighted by atomic mass is 32.2. The Labute approximate surface area is 126 Å². The molecule has 0 spiro atoms. The molecule has 110 valence electrons. The molecule has 20 heavy (non-hydrogen) atoms. The molecule has 2 aliphatic rings. The zero-order valence-electron chi connectivity index (χ0n) is 12.7. The Morgan fingerprint density at radius 3 is 3.00 bits per heavy atom. The summed E-state index contributed by atoms with van der Waals surface area (Å²) < 4.78 is 6.15. The fourth-order valence-corrected chi connectivity index (χ4v) is 4.46. The predicted octanol–water partition coefficient (Wildman–Crippen LogP) is 3.77. The van der Waals surface area contributed by atoms with Crippen molar-refractivity contribution in [3.8, 4) is 5.75 Å². The van der Waals surface area contributed by atoms with Gasteiger partial charge in [0.15, 0.2) is 0 Å². The summed E-state index contributed by atoms with van der Waals surface area (Å²) in [5, 5.41) is 4.54. The van der Waals surface area contributed by atoms with Crippen molar-refractivity contribution in [3.05, 3.63) is 29.3 Å². The smallest absolute Gasteiger partial charge is 0.127 e. The van der Waals surface area contributed by atoms with Gasteiger partial charge in [0.05, 0.1) is 0 Å². The molecule has 1 aromatic carbocycles. The fraction of sp³-hybridized carbons (Fsp3) is 0.647. The first-order valence-electron chi connectivity index (χ1n) is 7.65. The SMILES string of the molecule is CSC1CCCC1NCc1cccc2c1OC(C)(C)C2. The lowest BCUT2D eigenvalue weighted by Gasteiger charge is -2.21. The largest absolute Gasteiger partial charge is 0.487 e. The Hall–Kier alpha value is -0.670. The topological polar surface area (TPSA) is 21.3 Å². The number of benzene rings is 1. The van der Waals surface area contributed by atoms with Gasteiger partial charge in [0, 0.05) is 29.8 Å². The van der Waals surface area contributed by atoms with Crippen molar-refractivity contribution in [1.29, 1.82) is 0 Å². The summed E-state index contributed by atoms with van der Waals surface area (Å²) in [5.74, 6) is 1.13. The molecule has 0 amide bonds. The van der Waals surface area contributed by atoms with Crippen LogP contribution in [0.4, 0.5) is 0 Å². The van der Waals surface area contributed by atoms with Crippen molar-refractivity contribution in [2.45, 2.75) is 63.0 Å². The van der Waals surface area contributed by atoms with E-state index >= 15 is 0 Å². The minimum absolute atomic E-state index is 0.0480. The van der Waals surface area contributed by atoms with Crippen molar-refractivity contribution in [2.75, 3.05) is 6.26 Å². The van der Waals surface area contributed by atoms with Gasteiger partial charge in [0.25, 0.3) is 0 Å². The van der Waals surface area contributed by atoms with Gasteiger partial charge in [0.1, 0.15) is 11.4 Å². The van der Waals surface area contributed by atoms with Crippen LogP contribution in [0.2, 0.25) is 0 Å². The quantitative estimate of drug-likeness (QED) is 0.912. The Kier molecular flexibility index (Phi) is 4.00. The van der Waals surface area contributed by atoms with E-state index in [0.717, 1.165) is 24.0 Å². The van der Waals surface area contributed by atoms with Crippen LogP contribution in [-0.4, -0.2) is 23.1 Å². The molecule has 1 fully saturated rings. The molecule has 1 aliphatic heterocycles. The second-order valence-electron chi connectivity index (χ2n) is 6.64. The second-order valence-corrected chi connectivity index (χ2v) is 7.71. The van der Waals surface area contributed by atoms with Crippen LogP contribution in [0, 0.1) is 0 Å². The zero-order chi connectivity index (χ0) is 14.2. The number of hydrogen-bond donors (Lipinski definition) is 1. The summed E-state index contributed by atoms with van der Waals surface area (Å²) in [6.45, 7) is 5.27. The van der Waals surface area contributed by atoms with Crippen LogP contribution in [0.15, 0.2) is 18.2 Å². The molecule has 1 heterocycles. The van der Waals surface area contributed by atoms with Crippen LogP contribution >= 0.6 is 11.8 Å². The molecular weight excluding hydrogens is 266 g/mol. The first-order chi connectivity index (χ1) is 9.59. The third-order valence-electron chi connectivity index (χ3n) is 4.48. The number of rotatable bonds is 4. The number of para-hydroxylation sites is 1. The van der Waals surface area contributed by atoms with E-state index in [1.54, 1.807) is 0 Å². The lowest BCUT2D eigenvalue weighted by Crippen LogP contribution is -2.33.